The fourth-order valence-electron chi connectivity index (χ4n) is 3.19. The molecule has 2 aliphatic heterocycles. The summed E-state index contributed by atoms with van der Waals surface area (Å²) in [6.45, 7) is 2.03. The second-order valence-corrected chi connectivity index (χ2v) is 6.86. The van der Waals surface area contributed by atoms with Crippen LogP contribution in [0.15, 0.2) is 0 Å². The molecule has 0 spiro atoms. The van der Waals surface area contributed by atoms with Crippen molar-refractivity contribution in [2.75, 3.05) is 40.6 Å². The fourth-order valence-corrected chi connectivity index (χ4v) is 3.19. The van der Waals surface area contributed by atoms with E-state index in [1.165, 1.54) is 14.2 Å². The van der Waals surface area contributed by atoms with Gasteiger partial charge in [-0.3, -0.25) is 0 Å². The molecule has 0 unspecified atom stereocenters. The van der Waals surface area contributed by atoms with E-state index in [2.05, 4.69) is 20.1 Å². The average Bonchev–Trinajstić information content (AvgIpc) is 2.76. The van der Waals surface area contributed by atoms with Crippen LogP contribution >= 0.6 is 0 Å². The second-order valence-electron chi connectivity index (χ2n) is 6.86. The lowest BCUT2D eigenvalue weighted by molar-refractivity contribution is -0.143. The molecule has 12 heteroatoms. The summed E-state index contributed by atoms with van der Waals surface area (Å²) in [7, 11) is 2.40. The molecule has 4 N–H and O–H groups in total. The molecule has 0 aliphatic carbocycles. The third-order valence-corrected chi connectivity index (χ3v) is 4.78. The van der Waals surface area contributed by atoms with Gasteiger partial charge < -0.3 is 39.8 Å². The maximum Gasteiger partial charge on any atom is 0.407 e. The maximum atomic E-state index is 10.9. The van der Waals surface area contributed by atoms with Crippen LogP contribution in [0.5, 0.6) is 0 Å². The molecule has 2 fully saturated rings. The number of carboxylic acids is 2. The molecule has 12 nitrogen and oxygen atoms in total. The number of hydrogen-bond acceptors (Lipinski definition) is 8. The van der Waals surface area contributed by atoms with Crippen molar-refractivity contribution in [2.45, 2.75) is 37.8 Å². The van der Waals surface area contributed by atoms with Crippen molar-refractivity contribution in [1.29, 1.82) is 0 Å². The van der Waals surface area contributed by atoms with Gasteiger partial charge in [-0.15, -0.1) is 0 Å². The Hall–Kier alpha value is -2.60. The van der Waals surface area contributed by atoms with Gasteiger partial charge in [0.1, 0.15) is 12.1 Å². The fraction of sp³-hybridized carbons (Fsp3) is 0.778. The van der Waals surface area contributed by atoms with E-state index < -0.39 is 36.2 Å². The lowest BCUT2D eigenvalue weighted by Gasteiger charge is -2.27. The van der Waals surface area contributed by atoms with Gasteiger partial charge in [0.05, 0.1) is 27.4 Å². The van der Waals surface area contributed by atoms with Crippen LogP contribution in [0.1, 0.15) is 25.7 Å². The summed E-state index contributed by atoms with van der Waals surface area (Å²) < 4.78 is 19.1. The summed E-state index contributed by atoms with van der Waals surface area (Å²) in [5, 5.41) is 22.5. The standard InChI is InChI=1S/2C9H15NO5/c2*1-14-9(13)10-7(8(11)12)6-3-2-4-15-5-6/h2*6-7H,2-5H2,1H3,(H,10,13)(H,11,12)/t6-,7+;6-,7-/m10/s1. The Bertz CT molecular complexity index is 523. The molecule has 2 heterocycles. The molecule has 0 aromatic rings. The molecule has 2 aliphatic rings. The van der Waals surface area contributed by atoms with Crippen molar-refractivity contribution in [2.24, 2.45) is 11.8 Å². The highest BCUT2D eigenvalue weighted by atomic mass is 16.5. The first kappa shape index (κ1) is 25.4. The number of rotatable bonds is 6. The summed E-state index contributed by atoms with van der Waals surface area (Å²) in [5.41, 5.74) is 0. The SMILES string of the molecule is COC(=O)N[C@H](C(=O)O)[C@@H]1CCCOC1.COC(=O)N[C@H](C(=O)O)[C@H]1CCCOC1. The summed E-state index contributed by atoms with van der Waals surface area (Å²) in [4.78, 5) is 43.7. The third kappa shape index (κ3) is 8.82. The van der Waals surface area contributed by atoms with Gasteiger partial charge in [-0.1, -0.05) is 0 Å². The monoisotopic (exact) mass is 434 g/mol. The Balaban J connectivity index is 0.000000300. The number of carbonyl (C=O) groups excluding carboxylic acids is 2. The van der Waals surface area contributed by atoms with Crippen molar-refractivity contribution in [3.05, 3.63) is 0 Å². The van der Waals surface area contributed by atoms with Crippen LogP contribution in [0, 0.1) is 11.8 Å². The van der Waals surface area contributed by atoms with Gasteiger partial charge in [0.15, 0.2) is 0 Å². The number of aliphatic carboxylic acids is 2. The van der Waals surface area contributed by atoms with Crippen LogP contribution in [0.2, 0.25) is 0 Å². The number of amides is 2. The van der Waals surface area contributed by atoms with E-state index in [1.807, 2.05) is 0 Å². The molecule has 2 saturated heterocycles. The van der Waals surface area contributed by atoms with Crippen LogP contribution in [0.3, 0.4) is 0 Å². The Labute approximate surface area is 174 Å². The minimum atomic E-state index is -1.06. The lowest BCUT2D eigenvalue weighted by Crippen LogP contribution is -2.48. The predicted molar refractivity (Wildman–Crippen MR) is 101 cm³/mol. The average molecular weight is 434 g/mol. The van der Waals surface area contributed by atoms with Gasteiger partial charge in [-0.25, -0.2) is 19.2 Å². The molecule has 0 aromatic carbocycles. The zero-order valence-electron chi connectivity index (χ0n) is 17.1. The normalized spacial score (nSPS) is 22.9. The summed E-state index contributed by atoms with van der Waals surface area (Å²) in [6.07, 6.45) is 1.65. The van der Waals surface area contributed by atoms with E-state index in [0.717, 1.165) is 25.7 Å². The van der Waals surface area contributed by atoms with Gasteiger partial charge in [-0.05, 0) is 25.7 Å². The quantitative estimate of drug-likeness (QED) is 0.460. The largest absolute Gasteiger partial charge is 0.480 e. The Morgan fingerprint density at radius 2 is 1.17 bits per heavy atom. The molecular weight excluding hydrogens is 404 g/mol. The second kappa shape index (κ2) is 13.6. The minimum Gasteiger partial charge on any atom is -0.480 e. The Morgan fingerprint density at radius 3 is 1.40 bits per heavy atom. The van der Waals surface area contributed by atoms with Crippen LogP contribution in [-0.2, 0) is 28.5 Å². The van der Waals surface area contributed by atoms with E-state index in [9.17, 15) is 19.2 Å². The first-order valence-electron chi connectivity index (χ1n) is 9.60. The van der Waals surface area contributed by atoms with Crippen molar-refractivity contribution < 1.29 is 48.3 Å². The van der Waals surface area contributed by atoms with E-state index in [1.54, 1.807) is 0 Å². The van der Waals surface area contributed by atoms with Crippen LogP contribution in [0.25, 0.3) is 0 Å². The number of hydrogen-bond donors (Lipinski definition) is 4. The summed E-state index contributed by atoms with van der Waals surface area (Å²) in [5.74, 6) is -2.49. The minimum absolute atomic E-state index is 0.185. The Kier molecular flexibility index (Phi) is 11.5. The number of alkyl carbamates (subject to hydrolysis) is 2. The Morgan fingerprint density at radius 1 is 0.800 bits per heavy atom. The van der Waals surface area contributed by atoms with E-state index in [-0.39, 0.29) is 11.8 Å². The molecule has 30 heavy (non-hydrogen) atoms. The molecule has 2 rings (SSSR count). The van der Waals surface area contributed by atoms with Gasteiger partial charge in [0, 0.05) is 25.0 Å². The highest BCUT2D eigenvalue weighted by Gasteiger charge is 2.32. The zero-order valence-corrected chi connectivity index (χ0v) is 17.1. The predicted octanol–water partition coefficient (Wildman–Crippen LogP) is 0.444. The molecule has 0 bridgehead atoms. The highest BCUT2D eigenvalue weighted by molar-refractivity contribution is 5.80. The first-order chi connectivity index (χ1) is 14.3. The molecule has 0 saturated carbocycles. The molecule has 2 amide bonds. The first-order valence-corrected chi connectivity index (χ1v) is 9.60. The molecule has 4 atom stereocenters. The van der Waals surface area contributed by atoms with E-state index >= 15 is 0 Å². The van der Waals surface area contributed by atoms with Crippen molar-refractivity contribution in [1.82, 2.24) is 10.6 Å². The van der Waals surface area contributed by atoms with Crippen molar-refractivity contribution in [3.63, 3.8) is 0 Å². The van der Waals surface area contributed by atoms with Crippen LogP contribution in [-0.4, -0.2) is 87.1 Å². The molecule has 172 valence electrons. The molecular formula is C18H30N2O10. The van der Waals surface area contributed by atoms with Crippen LogP contribution < -0.4 is 10.6 Å². The zero-order chi connectivity index (χ0) is 22.5. The number of nitrogens with one attached hydrogen (secondary N) is 2. The summed E-state index contributed by atoms with van der Waals surface area (Å²) >= 11 is 0. The smallest absolute Gasteiger partial charge is 0.407 e. The van der Waals surface area contributed by atoms with Crippen LogP contribution in [0.4, 0.5) is 9.59 Å². The van der Waals surface area contributed by atoms with Gasteiger partial charge >= 0.3 is 24.1 Å². The summed E-state index contributed by atoms with van der Waals surface area (Å²) in [6, 6.07) is -1.87. The number of methoxy groups -OCH3 is 2. The number of ether oxygens (including phenoxy) is 4. The molecule has 0 radical (unpaired) electrons. The van der Waals surface area contributed by atoms with E-state index in [4.69, 9.17) is 19.7 Å². The van der Waals surface area contributed by atoms with Gasteiger partial charge in [0.25, 0.3) is 0 Å². The van der Waals surface area contributed by atoms with Crippen molar-refractivity contribution >= 4 is 24.1 Å². The van der Waals surface area contributed by atoms with Gasteiger partial charge in [0.2, 0.25) is 0 Å². The lowest BCUT2D eigenvalue weighted by atomic mass is 9.94. The number of carbonyl (C=O) groups is 4. The maximum absolute atomic E-state index is 10.9. The topological polar surface area (TPSA) is 170 Å². The van der Waals surface area contributed by atoms with Gasteiger partial charge in [-0.2, -0.15) is 0 Å². The highest BCUT2D eigenvalue weighted by Crippen LogP contribution is 2.18. The van der Waals surface area contributed by atoms with Crippen molar-refractivity contribution in [3.8, 4) is 0 Å². The third-order valence-electron chi connectivity index (χ3n) is 4.78. The number of carboxylic acid groups (broad SMARTS) is 2. The van der Waals surface area contributed by atoms with E-state index in [0.29, 0.717) is 26.4 Å². The molecule has 0 aromatic heterocycles.